The maximum atomic E-state index is 2.49. The molecule has 0 aliphatic heterocycles. The van der Waals surface area contributed by atoms with Crippen LogP contribution in [0.15, 0.2) is 279 Å². The van der Waals surface area contributed by atoms with Gasteiger partial charge in [-0.3, -0.25) is 0 Å². The zero-order valence-electron chi connectivity index (χ0n) is 45.1. The zero-order valence-corrected chi connectivity index (χ0v) is 45.1. The van der Waals surface area contributed by atoms with Gasteiger partial charge in [-0.2, -0.15) is 0 Å². The lowest BCUT2D eigenvalue weighted by Crippen LogP contribution is -2.28. The Morgan fingerprint density at radius 2 is 0.456 bits per heavy atom. The van der Waals surface area contributed by atoms with Crippen LogP contribution in [0.4, 0.5) is 0 Å². The van der Waals surface area contributed by atoms with Gasteiger partial charge in [-0.15, -0.1) is 0 Å². The Kier molecular flexibility index (Phi) is 10.6. The molecule has 0 saturated heterocycles. The normalized spacial score (nSPS) is 14.4. The predicted octanol–water partition coefficient (Wildman–Crippen LogP) is 20.7. The van der Waals surface area contributed by atoms with E-state index in [1.807, 2.05) is 0 Å². The standard InChI is InChI=1S/C79H58/c1-77(2)71-33-15-11-29-65(71)69-39-37-55(49-75(69)77)61-43-57(51-21-7-5-8-22-51)41-59(45-61)53-25-19-27-63(47-53)79(73-35-17-13-31-67(73)68-32-14-18-36-74(68)79)64-28-20-26-54(48-64)60-42-58(52-23-9-6-10-24-52)44-62(46-60)56-38-40-70-66-30-12-16-34-72(66)78(3,4)76(70)50-56/h5-50H,1-4H3. The second-order valence-electron chi connectivity index (χ2n) is 23.2. The van der Waals surface area contributed by atoms with Crippen molar-refractivity contribution in [2.45, 2.75) is 43.9 Å². The van der Waals surface area contributed by atoms with E-state index >= 15 is 0 Å². The first-order valence-corrected chi connectivity index (χ1v) is 28.0. The van der Waals surface area contributed by atoms with E-state index in [1.54, 1.807) is 0 Å². The Bertz CT molecular complexity index is 4130. The van der Waals surface area contributed by atoms with E-state index in [0.29, 0.717) is 0 Å². The number of hydrogen-bond acceptors (Lipinski definition) is 0. The molecule has 0 radical (unpaired) electrons. The highest BCUT2D eigenvalue weighted by molar-refractivity contribution is 5.91. The molecule has 0 amide bonds. The van der Waals surface area contributed by atoms with Crippen molar-refractivity contribution in [1.29, 1.82) is 0 Å². The Labute approximate surface area is 465 Å². The van der Waals surface area contributed by atoms with Crippen LogP contribution in [0, 0.1) is 0 Å². The molecule has 0 unspecified atom stereocenters. The van der Waals surface area contributed by atoms with Gasteiger partial charge < -0.3 is 0 Å². The summed E-state index contributed by atoms with van der Waals surface area (Å²) >= 11 is 0. The van der Waals surface area contributed by atoms with Crippen molar-refractivity contribution >= 4 is 0 Å². The van der Waals surface area contributed by atoms with E-state index in [2.05, 4.69) is 307 Å². The Hall–Kier alpha value is -9.36. The largest absolute Gasteiger partial charge is 0.0713 e. The molecule has 12 aromatic rings. The molecule has 0 aromatic heterocycles. The van der Waals surface area contributed by atoms with Crippen molar-refractivity contribution in [1.82, 2.24) is 0 Å². The van der Waals surface area contributed by atoms with E-state index in [4.69, 9.17) is 0 Å². The summed E-state index contributed by atoms with van der Waals surface area (Å²) in [5.74, 6) is 0. The summed E-state index contributed by atoms with van der Waals surface area (Å²) < 4.78 is 0. The van der Waals surface area contributed by atoms with Crippen LogP contribution < -0.4 is 0 Å². The van der Waals surface area contributed by atoms with Gasteiger partial charge in [0.2, 0.25) is 0 Å². The minimum Gasteiger partial charge on any atom is -0.0622 e. The maximum Gasteiger partial charge on any atom is 0.0713 e. The fraction of sp³-hybridized carbons (Fsp3) is 0.0886. The van der Waals surface area contributed by atoms with Gasteiger partial charge in [-0.05, 0) is 205 Å². The van der Waals surface area contributed by atoms with Gasteiger partial charge in [-0.25, -0.2) is 0 Å². The predicted molar refractivity (Wildman–Crippen MR) is 331 cm³/mol. The summed E-state index contributed by atoms with van der Waals surface area (Å²) in [5, 5.41) is 0. The summed E-state index contributed by atoms with van der Waals surface area (Å²) in [6.07, 6.45) is 0. The van der Waals surface area contributed by atoms with E-state index in [-0.39, 0.29) is 10.8 Å². The van der Waals surface area contributed by atoms with Crippen LogP contribution in [0.3, 0.4) is 0 Å². The molecule has 3 aliphatic carbocycles. The number of rotatable bonds is 8. The number of hydrogen-bond donors (Lipinski definition) is 0. The minimum atomic E-state index is -0.625. The zero-order chi connectivity index (χ0) is 53.0. The van der Waals surface area contributed by atoms with Gasteiger partial charge in [0.1, 0.15) is 0 Å². The topological polar surface area (TPSA) is 0 Å². The first-order chi connectivity index (χ1) is 38.6. The van der Waals surface area contributed by atoms with Crippen molar-refractivity contribution in [3.05, 3.63) is 324 Å². The summed E-state index contributed by atoms with van der Waals surface area (Å²) in [4.78, 5) is 0. The Morgan fingerprint density at radius 1 is 0.177 bits per heavy atom. The van der Waals surface area contributed by atoms with Crippen LogP contribution in [0.2, 0.25) is 0 Å². The number of fused-ring (bicyclic) bond motifs is 9. The monoisotopic (exact) mass is 1010 g/mol. The molecule has 0 heteroatoms. The maximum absolute atomic E-state index is 2.49. The van der Waals surface area contributed by atoms with Crippen molar-refractivity contribution in [3.8, 4) is 100 Å². The van der Waals surface area contributed by atoms with Gasteiger partial charge in [0.15, 0.2) is 0 Å². The summed E-state index contributed by atoms with van der Waals surface area (Å²) in [7, 11) is 0. The van der Waals surface area contributed by atoms with Crippen LogP contribution in [0.25, 0.3) is 100 Å². The second-order valence-corrected chi connectivity index (χ2v) is 23.2. The first kappa shape index (κ1) is 46.9. The molecule has 0 saturated carbocycles. The highest BCUT2D eigenvalue weighted by Crippen LogP contribution is 2.58. The van der Waals surface area contributed by atoms with Crippen LogP contribution >= 0.6 is 0 Å². The molecule has 0 spiro atoms. The lowest BCUT2D eigenvalue weighted by atomic mass is 9.67. The van der Waals surface area contributed by atoms with Gasteiger partial charge in [0.05, 0.1) is 5.41 Å². The summed E-state index contributed by atoms with van der Waals surface area (Å²) in [6.45, 7) is 9.49. The molecule has 0 fully saturated rings. The Morgan fingerprint density at radius 3 is 0.835 bits per heavy atom. The first-order valence-electron chi connectivity index (χ1n) is 28.0. The molecule has 0 atom stereocenters. The third-order valence-electron chi connectivity index (χ3n) is 18.1. The van der Waals surface area contributed by atoms with E-state index in [9.17, 15) is 0 Å². The van der Waals surface area contributed by atoms with Crippen molar-refractivity contribution in [2.24, 2.45) is 0 Å². The average molecular weight is 1010 g/mol. The molecule has 15 rings (SSSR count). The molecule has 79 heavy (non-hydrogen) atoms. The molecule has 12 aromatic carbocycles. The minimum absolute atomic E-state index is 0.101. The fourth-order valence-corrected chi connectivity index (χ4v) is 14.2. The van der Waals surface area contributed by atoms with Crippen LogP contribution in [0.5, 0.6) is 0 Å². The molecule has 0 N–H and O–H groups in total. The molecule has 0 nitrogen and oxygen atoms in total. The number of benzene rings is 12. The highest BCUT2D eigenvalue weighted by Gasteiger charge is 2.46. The lowest BCUT2D eigenvalue weighted by molar-refractivity contribution is 0.660. The van der Waals surface area contributed by atoms with Crippen molar-refractivity contribution in [3.63, 3.8) is 0 Å². The summed E-state index contributed by atoms with van der Waals surface area (Å²) in [6, 6.07) is 105. The molecule has 374 valence electrons. The van der Waals surface area contributed by atoms with Gasteiger partial charge in [0.25, 0.3) is 0 Å². The van der Waals surface area contributed by atoms with Gasteiger partial charge in [-0.1, -0.05) is 246 Å². The van der Waals surface area contributed by atoms with E-state index in [0.717, 1.165) is 0 Å². The summed E-state index contributed by atoms with van der Waals surface area (Å²) in [5.41, 5.74) is 32.1. The van der Waals surface area contributed by atoms with Crippen molar-refractivity contribution in [2.75, 3.05) is 0 Å². The van der Waals surface area contributed by atoms with Crippen LogP contribution in [0.1, 0.15) is 72.2 Å². The van der Waals surface area contributed by atoms with E-state index < -0.39 is 5.41 Å². The highest BCUT2D eigenvalue weighted by atomic mass is 14.5. The fourth-order valence-electron chi connectivity index (χ4n) is 14.2. The van der Waals surface area contributed by atoms with Crippen LogP contribution in [-0.4, -0.2) is 0 Å². The van der Waals surface area contributed by atoms with Gasteiger partial charge >= 0.3 is 0 Å². The third-order valence-corrected chi connectivity index (χ3v) is 18.1. The van der Waals surface area contributed by atoms with E-state index in [1.165, 1.54) is 145 Å². The van der Waals surface area contributed by atoms with Crippen molar-refractivity contribution < 1.29 is 0 Å². The third kappa shape index (κ3) is 7.28. The molecule has 0 heterocycles. The lowest BCUT2D eigenvalue weighted by Gasteiger charge is -2.34. The average Bonchev–Trinajstić information content (AvgIpc) is 3.66. The SMILES string of the molecule is CC1(C)c2ccccc2-c2ccc(-c3cc(-c4ccccc4)cc(-c4cccc(C5(c6cccc(-c7cc(-c8ccccc8)cc(-c8ccc9c(c8)C(C)(C)c8ccccc8-9)c7)c6)c6ccccc6-c6ccccc65)c4)c3)cc21. The molecule has 3 aliphatic rings. The van der Waals surface area contributed by atoms with Gasteiger partial charge in [0, 0.05) is 10.8 Å². The molecular formula is C79H58. The molecule has 0 bridgehead atoms. The second kappa shape index (κ2) is 17.8. The smallest absolute Gasteiger partial charge is 0.0622 e. The van der Waals surface area contributed by atoms with Crippen LogP contribution in [-0.2, 0) is 16.2 Å². The Balaban J connectivity index is 0.904. The quantitative estimate of drug-likeness (QED) is 0.142. The molecular weight excluding hydrogens is 949 g/mol.